The molecule has 5 N–H and O–H groups in total. The minimum absolute atomic E-state index is 0. The lowest BCUT2D eigenvalue weighted by atomic mass is 10.1. The van der Waals surface area contributed by atoms with Crippen LogP contribution in [0.4, 0.5) is 11.4 Å². The molecule has 1 aliphatic rings. The number of nitrogens with zero attached hydrogens (tertiary/aromatic N) is 3. The van der Waals surface area contributed by atoms with E-state index in [1.807, 2.05) is 4.90 Å². The van der Waals surface area contributed by atoms with Gasteiger partial charge in [-0.25, -0.2) is 4.99 Å². The van der Waals surface area contributed by atoms with E-state index in [1.54, 1.807) is 24.3 Å². The first-order chi connectivity index (χ1) is 10.5. The third-order valence-electron chi connectivity index (χ3n) is 3.34. The van der Waals surface area contributed by atoms with Gasteiger partial charge in [0.1, 0.15) is 0 Å². The lowest BCUT2D eigenvalue weighted by Crippen LogP contribution is -2.41. The topological polar surface area (TPSA) is 109 Å². The van der Waals surface area contributed by atoms with Gasteiger partial charge in [-0.15, -0.1) is 12.4 Å². The molecular formula is C15H23ClN6O. The maximum Gasteiger partial charge on any atom is 0.223 e. The molecule has 1 aliphatic heterocycles. The van der Waals surface area contributed by atoms with Gasteiger partial charge in [0, 0.05) is 25.7 Å². The van der Waals surface area contributed by atoms with Crippen LogP contribution in [-0.4, -0.2) is 35.8 Å². The van der Waals surface area contributed by atoms with Gasteiger partial charge in [-0.1, -0.05) is 0 Å². The van der Waals surface area contributed by atoms with E-state index in [0.717, 1.165) is 25.9 Å². The SMILES string of the molecule is CC(=O)Nc1ccc(N=C(N)N=C(N)N2CCCCC2)cc1.Cl. The molecule has 1 aromatic rings. The Hall–Kier alpha value is -2.28. The fourth-order valence-electron chi connectivity index (χ4n) is 2.29. The van der Waals surface area contributed by atoms with Crippen molar-refractivity contribution in [3.8, 4) is 0 Å². The first kappa shape index (κ1) is 18.8. The third kappa shape index (κ3) is 6.15. The second-order valence-corrected chi connectivity index (χ2v) is 5.22. The highest BCUT2D eigenvalue weighted by Crippen LogP contribution is 2.16. The van der Waals surface area contributed by atoms with Crippen LogP contribution in [0, 0.1) is 0 Å². The molecule has 1 saturated heterocycles. The van der Waals surface area contributed by atoms with Crippen LogP contribution in [0.3, 0.4) is 0 Å². The van der Waals surface area contributed by atoms with Crippen LogP contribution >= 0.6 is 12.4 Å². The molecule has 0 radical (unpaired) electrons. The number of nitrogens with two attached hydrogens (primary N) is 2. The Morgan fingerprint density at radius 2 is 1.74 bits per heavy atom. The molecule has 1 amide bonds. The number of halogens is 1. The second-order valence-electron chi connectivity index (χ2n) is 5.22. The number of rotatable bonds is 2. The lowest BCUT2D eigenvalue weighted by Gasteiger charge is -2.27. The third-order valence-corrected chi connectivity index (χ3v) is 3.34. The fourth-order valence-corrected chi connectivity index (χ4v) is 2.29. The van der Waals surface area contributed by atoms with Crippen molar-refractivity contribution in [3.05, 3.63) is 24.3 Å². The molecule has 23 heavy (non-hydrogen) atoms. The largest absolute Gasteiger partial charge is 0.369 e. The van der Waals surface area contributed by atoms with Crippen LogP contribution in [-0.2, 0) is 4.79 Å². The van der Waals surface area contributed by atoms with E-state index in [-0.39, 0.29) is 24.3 Å². The van der Waals surface area contributed by atoms with Gasteiger partial charge in [-0.3, -0.25) is 4.79 Å². The Bertz CT molecular complexity index is 578. The van der Waals surface area contributed by atoms with Crippen molar-refractivity contribution in [3.63, 3.8) is 0 Å². The summed E-state index contributed by atoms with van der Waals surface area (Å²) in [5.74, 6) is 0.417. The summed E-state index contributed by atoms with van der Waals surface area (Å²) in [4.78, 5) is 21.3. The Labute approximate surface area is 142 Å². The van der Waals surface area contributed by atoms with E-state index in [4.69, 9.17) is 11.5 Å². The number of carbonyl (C=O) groups excluding carboxylic acids is 1. The van der Waals surface area contributed by atoms with E-state index in [2.05, 4.69) is 15.3 Å². The van der Waals surface area contributed by atoms with Crippen LogP contribution in [0.25, 0.3) is 0 Å². The predicted molar refractivity (Wildman–Crippen MR) is 96.3 cm³/mol. The quantitative estimate of drug-likeness (QED) is 0.564. The molecule has 0 aromatic heterocycles. The Balaban J connectivity index is 0.00000264. The average molecular weight is 339 g/mol. The number of hydrogen-bond acceptors (Lipinski definition) is 2. The zero-order chi connectivity index (χ0) is 15.9. The van der Waals surface area contributed by atoms with Crippen LogP contribution in [0.2, 0.25) is 0 Å². The molecule has 1 fully saturated rings. The summed E-state index contributed by atoms with van der Waals surface area (Å²) in [5, 5.41) is 2.69. The summed E-state index contributed by atoms with van der Waals surface area (Å²) in [6.45, 7) is 3.28. The summed E-state index contributed by atoms with van der Waals surface area (Å²) in [5.41, 5.74) is 13.1. The zero-order valence-corrected chi connectivity index (χ0v) is 14.0. The van der Waals surface area contributed by atoms with Crippen molar-refractivity contribution in [2.75, 3.05) is 18.4 Å². The number of guanidine groups is 2. The van der Waals surface area contributed by atoms with E-state index in [0.29, 0.717) is 17.3 Å². The fraction of sp³-hybridized carbons (Fsp3) is 0.400. The summed E-state index contributed by atoms with van der Waals surface area (Å²) >= 11 is 0. The minimum atomic E-state index is -0.116. The van der Waals surface area contributed by atoms with Crippen LogP contribution in [0.1, 0.15) is 26.2 Å². The molecular weight excluding hydrogens is 316 g/mol. The summed E-state index contributed by atoms with van der Waals surface area (Å²) in [7, 11) is 0. The van der Waals surface area contributed by atoms with Gasteiger partial charge in [-0.05, 0) is 43.5 Å². The van der Waals surface area contributed by atoms with Gasteiger partial charge in [0.25, 0.3) is 0 Å². The molecule has 7 nitrogen and oxygen atoms in total. The molecule has 1 heterocycles. The number of aliphatic imine (C=N–C) groups is 2. The van der Waals surface area contributed by atoms with Gasteiger partial charge in [0.2, 0.25) is 11.9 Å². The monoisotopic (exact) mass is 338 g/mol. The first-order valence-corrected chi connectivity index (χ1v) is 7.35. The zero-order valence-electron chi connectivity index (χ0n) is 13.2. The van der Waals surface area contributed by atoms with Crippen molar-refractivity contribution in [1.82, 2.24) is 4.90 Å². The van der Waals surface area contributed by atoms with E-state index < -0.39 is 0 Å². The van der Waals surface area contributed by atoms with E-state index in [1.165, 1.54) is 13.3 Å². The Morgan fingerprint density at radius 3 is 2.30 bits per heavy atom. The number of nitrogens with one attached hydrogen (secondary N) is 1. The average Bonchev–Trinajstić information content (AvgIpc) is 2.49. The number of piperidine rings is 1. The van der Waals surface area contributed by atoms with Crippen molar-refractivity contribution < 1.29 is 4.79 Å². The van der Waals surface area contributed by atoms with Crippen molar-refractivity contribution in [2.24, 2.45) is 21.5 Å². The van der Waals surface area contributed by atoms with E-state index >= 15 is 0 Å². The maximum absolute atomic E-state index is 11.0. The predicted octanol–water partition coefficient (Wildman–Crippen LogP) is 1.81. The minimum Gasteiger partial charge on any atom is -0.369 e. The summed E-state index contributed by atoms with van der Waals surface area (Å²) < 4.78 is 0. The van der Waals surface area contributed by atoms with Gasteiger partial charge >= 0.3 is 0 Å². The molecule has 0 saturated carbocycles. The molecule has 0 aliphatic carbocycles. The maximum atomic E-state index is 11.0. The molecule has 8 heteroatoms. The van der Waals surface area contributed by atoms with Crippen LogP contribution < -0.4 is 16.8 Å². The van der Waals surface area contributed by atoms with Crippen molar-refractivity contribution >= 4 is 41.6 Å². The van der Waals surface area contributed by atoms with E-state index in [9.17, 15) is 4.79 Å². The Kier molecular flexibility index (Phi) is 7.34. The number of amides is 1. The van der Waals surface area contributed by atoms with Gasteiger partial charge < -0.3 is 21.7 Å². The lowest BCUT2D eigenvalue weighted by molar-refractivity contribution is -0.114. The number of likely N-dealkylation sites (tertiary alicyclic amines) is 1. The highest BCUT2D eigenvalue weighted by molar-refractivity contribution is 5.94. The second kappa shape index (κ2) is 8.99. The number of benzene rings is 1. The molecule has 0 bridgehead atoms. The number of hydrogen-bond donors (Lipinski definition) is 3. The van der Waals surface area contributed by atoms with Crippen molar-refractivity contribution in [1.29, 1.82) is 0 Å². The molecule has 2 rings (SSSR count). The normalized spacial score (nSPS) is 15.8. The summed E-state index contributed by atoms with van der Waals surface area (Å²) in [6.07, 6.45) is 3.48. The standard InChI is InChI=1S/C15H22N6O.ClH/c1-11(22)18-12-5-7-13(8-6-12)19-14(16)20-15(17)21-9-3-2-4-10-21;/h5-8H,2-4,9-10H2,1H3,(H,18,22)(H4,16,17,19,20);1H. The van der Waals surface area contributed by atoms with Gasteiger partial charge in [0.05, 0.1) is 5.69 Å². The number of anilines is 1. The van der Waals surface area contributed by atoms with Crippen molar-refractivity contribution in [2.45, 2.75) is 26.2 Å². The molecule has 1 aromatic carbocycles. The molecule has 0 unspecified atom stereocenters. The Morgan fingerprint density at radius 1 is 1.13 bits per heavy atom. The highest BCUT2D eigenvalue weighted by atomic mass is 35.5. The summed E-state index contributed by atoms with van der Waals surface area (Å²) in [6, 6.07) is 7.02. The first-order valence-electron chi connectivity index (χ1n) is 7.35. The van der Waals surface area contributed by atoms with Crippen LogP contribution in [0.5, 0.6) is 0 Å². The molecule has 0 spiro atoms. The van der Waals surface area contributed by atoms with Gasteiger partial charge in [-0.2, -0.15) is 4.99 Å². The smallest absolute Gasteiger partial charge is 0.223 e. The molecule has 126 valence electrons. The molecule has 0 atom stereocenters. The number of carbonyl (C=O) groups is 1. The highest BCUT2D eigenvalue weighted by Gasteiger charge is 2.12. The van der Waals surface area contributed by atoms with Crippen LogP contribution in [0.15, 0.2) is 34.3 Å². The van der Waals surface area contributed by atoms with Gasteiger partial charge in [0.15, 0.2) is 5.96 Å².